The molecular weight excluding hydrogens is 434 g/mol. The van der Waals surface area contributed by atoms with Gasteiger partial charge in [-0.2, -0.15) is 0 Å². The fourth-order valence-corrected chi connectivity index (χ4v) is 4.51. The van der Waals surface area contributed by atoms with Crippen molar-refractivity contribution in [3.05, 3.63) is 94.1 Å². The molecule has 6 aromatic rings. The van der Waals surface area contributed by atoms with Crippen LogP contribution in [0.25, 0.3) is 33.1 Å². The van der Waals surface area contributed by atoms with Gasteiger partial charge in [0.05, 0.1) is 34.0 Å². The number of nitrogens with zero attached hydrogens (tertiary/aromatic N) is 5. The lowest BCUT2D eigenvalue weighted by molar-refractivity contribution is -0.384. The van der Waals surface area contributed by atoms with Crippen LogP contribution in [0, 0.1) is 17.0 Å². The Balaban J connectivity index is 1.72. The third kappa shape index (κ3) is 2.70. The molecule has 0 N–H and O–H groups in total. The normalized spacial score (nSPS) is 11.6. The molecule has 0 aliphatic heterocycles. The second-order valence-corrected chi connectivity index (χ2v) is 7.95. The number of imidazole rings is 1. The van der Waals surface area contributed by atoms with Gasteiger partial charge < -0.3 is 9.14 Å². The van der Waals surface area contributed by atoms with Crippen LogP contribution < -0.4 is 4.74 Å². The molecule has 4 heterocycles. The quantitative estimate of drug-likeness (QED) is 0.218. The zero-order valence-corrected chi connectivity index (χ0v) is 18.2. The number of carbonyl (C=O) groups is 1. The number of aromatic nitrogens is 4. The van der Waals surface area contributed by atoms with Gasteiger partial charge in [0.2, 0.25) is 5.78 Å². The summed E-state index contributed by atoms with van der Waals surface area (Å²) in [5.74, 6) is 1.06. The number of rotatable bonds is 4. The van der Waals surface area contributed by atoms with Crippen LogP contribution in [0.15, 0.2) is 66.9 Å². The molecule has 2 aromatic carbocycles. The van der Waals surface area contributed by atoms with E-state index in [4.69, 9.17) is 14.7 Å². The molecule has 0 atom stereocenters. The summed E-state index contributed by atoms with van der Waals surface area (Å²) < 4.78 is 8.84. The summed E-state index contributed by atoms with van der Waals surface area (Å²) >= 11 is 0. The van der Waals surface area contributed by atoms with Crippen molar-refractivity contribution in [1.82, 2.24) is 18.8 Å². The number of non-ortho nitro benzene ring substituents is 1. The predicted octanol–water partition coefficient (Wildman–Crippen LogP) is 4.74. The van der Waals surface area contributed by atoms with E-state index < -0.39 is 4.92 Å². The number of pyridine rings is 1. The summed E-state index contributed by atoms with van der Waals surface area (Å²) in [7, 11) is 1.58. The molecule has 0 fully saturated rings. The molecule has 166 valence electrons. The minimum atomic E-state index is -0.431. The van der Waals surface area contributed by atoms with Crippen LogP contribution in [-0.4, -0.2) is 36.6 Å². The van der Waals surface area contributed by atoms with Crippen molar-refractivity contribution >= 4 is 44.6 Å². The van der Waals surface area contributed by atoms with Crippen LogP contribution in [-0.2, 0) is 0 Å². The maximum Gasteiger partial charge on any atom is 0.271 e. The van der Waals surface area contributed by atoms with E-state index in [0.717, 1.165) is 5.52 Å². The molecule has 0 spiro atoms. The van der Waals surface area contributed by atoms with Gasteiger partial charge in [0.25, 0.3) is 5.69 Å². The van der Waals surface area contributed by atoms with Crippen LogP contribution in [0.3, 0.4) is 0 Å². The Kier molecular flexibility index (Phi) is 4.15. The van der Waals surface area contributed by atoms with Crippen molar-refractivity contribution in [3.63, 3.8) is 0 Å². The van der Waals surface area contributed by atoms with Gasteiger partial charge in [-0.05, 0) is 49.4 Å². The second kappa shape index (κ2) is 7.11. The Bertz CT molecular complexity index is 1800. The van der Waals surface area contributed by atoms with Gasteiger partial charge in [-0.25, -0.2) is 9.97 Å². The van der Waals surface area contributed by atoms with Crippen molar-refractivity contribution in [1.29, 1.82) is 0 Å². The highest BCUT2D eigenvalue weighted by Crippen LogP contribution is 2.33. The highest BCUT2D eigenvalue weighted by atomic mass is 16.6. The van der Waals surface area contributed by atoms with Crippen LogP contribution in [0.4, 0.5) is 5.69 Å². The third-order valence-electron chi connectivity index (χ3n) is 6.06. The average Bonchev–Trinajstić information content (AvgIpc) is 3.39. The molecule has 0 saturated carbocycles. The molecular formula is C25H17N5O4. The van der Waals surface area contributed by atoms with Crippen molar-refractivity contribution in [2.24, 2.45) is 0 Å². The van der Waals surface area contributed by atoms with Crippen molar-refractivity contribution in [2.75, 3.05) is 7.11 Å². The summed E-state index contributed by atoms with van der Waals surface area (Å²) in [4.78, 5) is 34.2. The topological polar surface area (TPSA) is 104 Å². The van der Waals surface area contributed by atoms with Crippen LogP contribution in [0.2, 0.25) is 0 Å². The van der Waals surface area contributed by atoms with Crippen LogP contribution in [0.5, 0.6) is 5.75 Å². The molecule has 0 unspecified atom stereocenters. The minimum Gasteiger partial charge on any atom is -0.497 e. The van der Waals surface area contributed by atoms with Gasteiger partial charge in [-0.1, -0.05) is 6.07 Å². The number of benzene rings is 2. The van der Waals surface area contributed by atoms with Gasteiger partial charge in [-0.3, -0.25) is 19.3 Å². The number of ketones is 1. The molecule has 0 amide bonds. The lowest BCUT2D eigenvalue weighted by Crippen LogP contribution is -2.07. The number of fused-ring (bicyclic) bond motifs is 7. The Morgan fingerprint density at radius 3 is 2.56 bits per heavy atom. The maximum absolute atomic E-state index is 13.7. The Morgan fingerprint density at radius 1 is 1.03 bits per heavy atom. The van der Waals surface area contributed by atoms with Crippen molar-refractivity contribution in [3.8, 4) is 5.75 Å². The average molecular weight is 451 g/mol. The standard InChI is InChI=1S/C25H17N5O4/c1-14-26-22-21(25-27-18-11-8-16(30(32)33)13-20(18)29(14)25)19-5-3-4-12-28(19)23(22)24(31)15-6-9-17(34-2)10-7-15/h3-13H,1-2H3. The third-order valence-corrected chi connectivity index (χ3v) is 6.06. The predicted molar refractivity (Wildman–Crippen MR) is 127 cm³/mol. The van der Waals surface area contributed by atoms with E-state index in [2.05, 4.69) is 0 Å². The molecule has 34 heavy (non-hydrogen) atoms. The monoisotopic (exact) mass is 451 g/mol. The number of nitro benzene ring substituents is 1. The van der Waals surface area contributed by atoms with Crippen LogP contribution in [0.1, 0.15) is 21.9 Å². The number of hydrogen-bond acceptors (Lipinski definition) is 6. The SMILES string of the molecule is COc1ccc(C(=O)c2c3nc(C)n4c5cc([N+](=O)[O-])ccc5nc4c3c3ccccn23)cc1. The van der Waals surface area contributed by atoms with Gasteiger partial charge in [0.15, 0.2) is 5.65 Å². The fourth-order valence-electron chi connectivity index (χ4n) is 4.51. The Hall–Kier alpha value is -4.79. The Morgan fingerprint density at radius 2 is 1.82 bits per heavy atom. The number of hydrogen-bond donors (Lipinski definition) is 0. The van der Waals surface area contributed by atoms with E-state index in [-0.39, 0.29) is 11.5 Å². The van der Waals surface area contributed by atoms with E-state index in [9.17, 15) is 14.9 Å². The van der Waals surface area contributed by atoms with E-state index in [0.29, 0.717) is 50.4 Å². The van der Waals surface area contributed by atoms with Gasteiger partial charge in [0.1, 0.15) is 22.8 Å². The number of methoxy groups -OCH3 is 1. The first-order chi connectivity index (χ1) is 16.5. The maximum atomic E-state index is 13.7. The van der Waals surface area contributed by atoms with Crippen LogP contribution >= 0.6 is 0 Å². The highest BCUT2D eigenvalue weighted by molar-refractivity contribution is 6.21. The molecule has 6 rings (SSSR count). The largest absolute Gasteiger partial charge is 0.497 e. The van der Waals surface area contributed by atoms with Gasteiger partial charge in [0, 0.05) is 23.9 Å². The second-order valence-electron chi connectivity index (χ2n) is 7.95. The lowest BCUT2D eigenvalue weighted by atomic mass is 10.1. The zero-order chi connectivity index (χ0) is 23.6. The number of carbonyl (C=O) groups excluding carboxylic acids is 1. The minimum absolute atomic E-state index is 0.0223. The van der Waals surface area contributed by atoms with Crippen molar-refractivity contribution < 1.29 is 14.5 Å². The summed E-state index contributed by atoms with van der Waals surface area (Å²) in [5, 5.41) is 12.0. The summed E-state index contributed by atoms with van der Waals surface area (Å²) in [6.45, 7) is 1.80. The molecule has 4 aromatic heterocycles. The Labute approximate surface area is 192 Å². The van der Waals surface area contributed by atoms with E-state index in [1.807, 2.05) is 28.8 Å². The summed E-state index contributed by atoms with van der Waals surface area (Å²) in [6.07, 6.45) is 1.83. The van der Waals surface area contributed by atoms with E-state index in [1.54, 1.807) is 48.8 Å². The fraction of sp³-hybridized carbons (Fsp3) is 0.0800. The molecule has 0 radical (unpaired) electrons. The van der Waals surface area contributed by atoms with E-state index in [1.165, 1.54) is 12.1 Å². The van der Waals surface area contributed by atoms with E-state index >= 15 is 0 Å². The summed E-state index contributed by atoms with van der Waals surface area (Å²) in [5.41, 5.74) is 4.02. The first-order valence-electron chi connectivity index (χ1n) is 10.5. The lowest BCUT2D eigenvalue weighted by Gasteiger charge is -2.05. The number of nitro groups is 1. The molecule has 0 aliphatic carbocycles. The molecule has 0 saturated heterocycles. The molecule has 0 aliphatic rings. The number of aryl methyl sites for hydroxylation is 1. The molecule has 9 heteroatoms. The van der Waals surface area contributed by atoms with Gasteiger partial charge in [-0.15, -0.1) is 0 Å². The van der Waals surface area contributed by atoms with Gasteiger partial charge >= 0.3 is 0 Å². The smallest absolute Gasteiger partial charge is 0.271 e. The molecule has 0 bridgehead atoms. The number of ether oxygens (including phenoxy) is 1. The molecule has 9 nitrogen and oxygen atoms in total. The summed E-state index contributed by atoms with van der Waals surface area (Å²) in [6, 6.07) is 17.2. The zero-order valence-electron chi connectivity index (χ0n) is 18.2. The first kappa shape index (κ1) is 19.9. The van der Waals surface area contributed by atoms with Crippen molar-refractivity contribution in [2.45, 2.75) is 6.92 Å². The first-order valence-corrected chi connectivity index (χ1v) is 10.5. The highest BCUT2D eigenvalue weighted by Gasteiger charge is 2.25.